The summed E-state index contributed by atoms with van der Waals surface area (Å²) in [5, 5.41) is 10.1. The highest BCUT2D eigenvalue weighted by atomic mass is 32.2. The molecule has 0 radical (unpaired) electrons. The first-order valence-corrected chi connectivity index (χ1v) is 9.94. The summed E-state index contributed by atoms with van der Waals surface area (Å²) in [6.07, 6.45) is 6.92. The van der Waals surface area contributed by atoms with E-state index in [4.69, 9.17) is 0 Å². The maximum Gasteiger partial charge on any atom is 0.226 e. The topological polar surface area (TPSA) is 76.0 Å². The smallest absolute Gasteiger partial charge is 0.226 e. The molecule has 26 heavy (non-hydrogen) atoms. The third-order valence-corrected chi connectivity index (χ3v) is 5.39. The third-order valence-electron chi connectivity index (χ3n) is 4.38. The zero-order chi connectivity index (χ0) is 18.4. The number of carbonyl (C=O) groups is 2. The van der Waals surface area contributed by atoms with Crippen LogP contribution >= 0.6 is 11.8 Å². The minimum absolute atomic E-state index is 0.00659. The Kier molecular flexibility index (Phi) is 6.33. The molecule has 0 spiro atoms. The fourth-order valence-electron chi connectivity index (χ4n) is 3.16. The minimum Gasteiger partial charge on any atom is -0.326 e. The van der Waals surface area contributed by atoms with Crippen LogP contribution in [-0.2, 0) is 9.59 Å². The minimum atomic E-state index is -0.0843. The second kappa shape index (κ2) is 8.89. The van der Waals surface area contributed by atoms with Crippen LogP contribution in [0, 0.1) is 0 Å². The SMILES string of the molecule is CC(=O)Nc1ccc(SCCC(=O)Nc2ccnn2C2CCCC2)cc1. The van der Waals surface area contributed by atoms with Crippen LogP contribution in [0.15, 0.2) is 41.4 Å². The number of nitrogens with zero attached hydrogens (tertiary/aromatic N) is 2. The lowest BCUT2D eigenvalue weighted by Crippen LogP contribution is -2.17. The van der Waals surface area contributed by atoms with Crippen molar-refractivity contribution in [2.45, 2.75) is 50.0 Å². The first-order valence-electron chi connectivity index (χ1n) is 8.95. The van der Waals surface area contributed by atoms with Crippen LogP contribution in [0.25, 0.3) is 0 Å². The van der Waals surface area contributed by atoms with Gasteiger partial charge in [-0.1, -0.05) is 12.8 Å². The van der Waals surface area contributed by atoms with Crippen molar-refractivity contribution >= 4 is 35.1 Å². The summed E-state index contributed by atoms with van der Waals surface area (Å²) in [5.74, 6) is 1.42. The number of carbonyl (C=O) groups excluding carboxylic acids is 2. The summed E-state index contributed by atoms with van der Waals surface area (Å²) in [4.78, 5) is 24.3. The maximum absolute atomic E-state index is 12.2. The number of thioether (sulfide) groups is 1. The molecule has 0 unspecified atom stereocenters. The molecular weight excluding hydrogens is 348 g/mol. The zero-order valence-corrected chi connectivity index (χ0v) is 15.7. The summed E-state index contributed by atoms with van der Waals surface area (Å²) < 4.78 is 1.96. The highest BCUT2D eigenvalue weighted by molar-refractivity contribution is 7.99. The normalized spacial score (nSPS) is 14.3. The monoisotopic (exact) mass is 372 g/mol. The molecule has 1 aliphatic rings. The predicted molar refractivity (Wildman–Crippen MR) is 104 cm³/mol. The lowest BCUT2D eigenvalue weighted by Gasteiger charge is -2.14. The van der Waals surface area contributed by atoms with Gasteiger partial charge in [0.1, 0.15) is 5.82 Å². The van der Waals surface area contributed by atoms with Crippen LogP contribution in [0.4, 0.5) is 11.5 Å². The van der Waals surface area contributed by atoms with E-state index in [1.165, 1.54) is 19.8 Å². The Bertz CT molecular complexity index is 751. The Morgan fingerprint density at radius 2 is 1.88 bits per heavy atom. The van der Waals surface area contributed by atoms with E-state index in [9.17, 15) is 9.59 Å². The van der Waals surface area contributed by atoms with Gasteiger partial charge in [0.15, 0.2) is 0 Å². The summed E-state index contributed by atoms with van der Waals surface area (Å²) >= 11 is 1.62. The van der Waals surface area contributed by atoms with Gasteiger partial charge in [0.25, 0.3) is 0 Å². The van der Waals surface area contributed by atoms with Gasteiger partial charge >= 0.3 is 0 Å². The number of nitrogens with one attached hydrogen (secondary N) is 2. The van der Waals surface area contributed by atoms with Gasteiger partial charge in [-0.3, -0.25) is 9.59 Å². The summed E-state index contributed by atoms with van der Waals surface area (Å²) in [6, 6.07) is 9.90. The van der Waals surface area contributed by atoms with Crippen molar-refractivity contribution in [2.75, 3.05) is 16.4 Å². The summed E-state index contributed by atoms with van der Waals surface area (Å²) in [7, 11) is 0. The molecule has 0 atom stereocenters. The molecule has 0 saturated heterocycles. The van der Waals surface area contributed by atoms with Gasteiger partial charge < -0.3 is 10.6 Å². The molecule has 1 aromatic carbocycles. The van der Waals surface area contributed by atoms with Crippen LogP contribution in [0.5, 0.6) is 0 Å². The van der Waals surface area contributed by atoms with E-state index < -0.39 is 0 Å². The Morgan fingerprint density at radius 3 is 2.58 bits per heavy atom. The second-order valence-corrected chi connectivity index (χ2v) is 7.62. The fraction of sp³-hybridized carbons (Fsp3) is 0.421. The van der Waals surface area contributed by atoms with Crippen molar-refractivity contribution in [3.63, 3.8) is 0 Å². The highest BCUT2D eigenvalue weighted by Crippen LogP contribution is 2.31. The van der Waals surface area contributed by atoms with E-state index in [1.54, 1.807) is 18.0 Å². The van der Waals surface area contributed by atoms with E-state index >= 15 is 0 Å². The molecule has 2 N–H and O–H groups in total. The van der Waals surface area contributed by atoms with Gasteiger partial charge in [-0.2, -0.15) is 5.10 Å². The van der Waals surface area contributed by atoms with Crippen LogP contribution < -0.4 is 10.6 Å². The number of rotatable bonds is 7. The molecule has 0 aliphatic heterocycles. The number of hydrogen-bond acceptors (Lipinski definition) is 4. The average molecular weight is 372 g/mol. The number of hydrogen-bond donors (Lipinski definition) is 2. The quantitative estimate of drug-likeness (QED) is 0.718. The average Bonchev–Trinajstić information content (AvgIpc) is 3.27. The number of aromatic nitrogens is 2. The van der Waals surface area contributed by atoms with E-state index in [-0.39, 0.29) is 11.8 Å². The molecule has 138 valence electrons. The van der Waals surface area contributed by atoms with Gasteiger partial charge in [-0.25, -0.2) is 4.68 Å². The van der Waals surface area contributed by atoms with Crippen LogP contribution in [-0.4, -0.2) is 27.3 Å². The Hall–Kier alpha value is -2.28. The van der Waals surface area contributed by atoms with Crippen molar-refractivity contribution in [3.8, 4) is 0 Å². The number of anilines is 2. The molecule has 3 rings (SSSR count). The van der Waals surface area contributed by atoms with Crippen molar-refractivity contribution in [2.24, 2.45) is 0 Å². The molecule has 1 aromatic heterocycles. The van der Waals surface area contributed by atoms with E-state index in [0.29, 0.717) is 18.2 Å². The van der Waals surface area contributed by atoms with Crippen molar-refractivity contribution < 1.29 is 9.59 Å². The molecular formula is C19H24N4O2S. The first-order chi connectivity index (χ1) is 12.6. The molecule has 1 aliphatic carbocycles. The largest absolute Gasteiger partial charge is 0.326 e. The number of benzene rings is 1. The van der Waals surface area contributed by atoms with Crippen molar-refractivity contribution in [3.05, 3.63) is 36.5 Å². The number of amides is 2. The standard InChI is InChI=1S/C19H24N4O2S/c1-14(24)21-15-6-8-17(9-7-15)26-13-11-19(25)22-18-10-12-20-23(18)16-4-2-3-5-16/h6-10,12,16H,2-5,11,13H2,1H3,(H,21,24)(H,22,25). The molecule has 0 bridgehead atoms. The second-order valence-electron chi connectivity index (χ2n) is 6.45. The van der Waals surface area contributed by atoms with Gasteiger partial charge in [0.2, 0.25) is 11.8 Å². The van der Waals surface area contributed by atoms with E-state index in [1.807, 2.05) is 35.0 Å². The van der Waals surface area contributed by atoms with Gasteiger partial charge in [-0.05, 0) is 37.1 Å². The third kappa shape index (κ3) is 5.11. The molecule has 7 heteroatoms. The van der Waals surface area contributed by atoms with Crippen LogP contribution in [0.1, 0.15) is 45.1 Å². The maximum atomic E-state index is 12.2. The Labute approximate surface area is 157 Å². The summed E-state index contributed by atoms with van der Waals surface area (Å²) in [5.41, 5.74) is 0.778. The van der Waals surface area contributed by atoms with Crippen molar-refractivity contribution in [1.29, 1.82) is 0 Å². The predicted octanol–water partition coefficient (Wildman–Crippen LogP) is 4.08. The van der Waals surface area contributed by atoms with E-state index in [2.05, 4.69) is 15.7 Å². The van der Waals surface area contributed by atoms with Gasteiger partial charge in [0.05, 0.1) is 12.2 Å². The molecule has 2 amide bonds. The Balaban J connectivity index is 1.44. The molecule has 1 heterocycles. The molecule has 6 nitrogen and oxygen atoms in total. The molecule has 1 saturated carbocycles. The fourth-order valence-corrected chi connectivity index (χ4v) is 4.01. The van der Waals surface area contributed by atoms with Gasteiger partial charge in [-0.15, -0.1) is 11.8 Å². The highest BCUT2D eigenvalue weighted by Gasteiger charge is 2.20. The summed E-state index contributed by atoms with van der Waals surface area (Å²) in [6.45, 7) is 1.49. The van der Waals surface area contributed by atoms with Crippen molar-refractivity contribution in [1.82, 2.24) is 9.78 Å². The molecule has 1 fully saturated rings. The van der Waals surface area contributed by atoms with Gasteiger partial charge in [0, 0.05) is 35.7 Å². The van der Waals surface area contributed by atoms with E-state index in [0.717, 1.165) is 29.2 Å². The molecule has 2 aromatic rings. The van der Waals surface area contributed by atoms with Crippen LogP contribution in [0.3, 0.4) is 0 Å². The lowest BCUT2D eigenvalue weighted by molar-refractivity contribution is -0.116. The Morgan fingerprint density at radius 1 is 1.15 bits per heavy atom. The lowest BCUT2D eigenvalue weighted by atomic mass is 10.2. The zero-order valence-electron chi connectivity index (χ0n) is 14.9. The first kappa shape index (κ1) is 18.5. The van der Waals surface area contributed by atoms with Crippen LogP contribution in [0.2, 0.25) is 0 Å².